The highest BCUT2D eigenvalue weighted by atomic mass is 32.2. The number of ether oxygens (including phenoxy) is 14. The lowest BCUT2D eigenvalue weighted by molar-refractivity contribution is -0.395. The second-order valence-corrected chi connectivity index (χ2v) is 24.4. The van der Waals surface area contributed by atoms with Crippen molar-refractivity contribution >= 4 is 35.5 Å². The molecule has 21 fully saturated rings. The van der Waals surface area contributed by atoms with Gasteiger partial charge in [0.2, 0.25) is 0 Å². The fourth-order valence-electron chi connectivity index (χ4n) is 11.2. The van der Waals surface area contributed by atoms with Crippen LogP contribution in [0.4, 0.5) is 0 Å². The van der Waals surface area contributed by atoms with E-state index in [0.717, 1.165) is 23.5 Å². The number of hydrogen-bond donors (Lipinski definition) is 23. The van der Waals surface area contributed by atoms with Crippen molar-refractivity contribution in [1.29, 1.82) is 0 Å². The van der Waals surface area contributed by atoms with Crippen molar-refractivity contribution in [3.63, 3.8) is 0 Å². The van der Waals surface area contributed by atoms with Crippen molar-refractivity contribution in [3.05, 3.63) is 0 Å². The van der Waals surface area contributed by atoms with Gasteiger partial charge < -0.3 is 185 Å². The summed E-state index contributed by atoms with van der Waals surface area (Å²) in [6, 6.07) is -2.94. The van der Waals surface area contributed by atoms with Crippen LogP contribution in [0.5, 0.6) is 0 Å². The zero-order chi connectivity index (χ0) is 65.2. The average Bonchev–Trinajstić information content (AvgIpc) is 0.884. The Morgan fingerprint density at radius 2 is 0.438 bits per heavy atom. The maximum atomic E-state index is 11.7. The van der Waals surface area contributed by atoms with Crippen molar-refractivity contribution in [2.45, 2.75) is 227 Å². The van der Waals surface area contributed by atoms with E-state index in [-0.39, 0.29) is 11.5 Å². The van der Waals surface area contributed by atoms with Crippen LogP contribution in [-0.4, -0.2) is 402 Å². The van der Waals surface area contributed by atoms with Crippen LogP contribution in [0.15, 0.2) is 0 Å². The van der Waals surface area contributed by atoms with E-state index in [9.17, 15) is 117 Å². The summed E-state index contributed by atoms with van der Waals surface area (Å²) in [7, 11) is 0. The predicted octanol–water partition coefficient (Wildman–Crippen LogP) is -14.9. The van der Waals surface area contributed by atoms with Crippen LogP contribution in [0.1, 0.15) is 0 Å². The number of rotatable bonds is 15. The first-order chi connectivity index (χ1) is 42.2. The van der Waals surface area contributed by atoms with Gasteiger partial charge in [-0.15, -0.1) is 0 Å². The molecule has 0 aromatic carbocycles. The summed E-state index contributed by atoms with van der Waals surface area (Å²) in [5.41, 5.74) is 11.4. The zero-order valence-corrected chi connectivity index (χ0v) is 48.3. The number of aliphatic hydroxyl groups excluding tert-OH is 19. The summed E-state index contributed by atoms with van der Waals surface area (Å²) in [4.78, 5) is 23.2. The zero-order valence-electron chi connectivity index (χ0n) is 46.6. The molecule has 0 radical (unpaired) electrons. The Morgan fingerprint density at radius 1 is 0.281 bits per heavy atom. The highest BCUT2D eigenvalue weighted by Crippen LogP contribution is 2.40. The van der Waals surface area contributed by atoms with Crippen LogP contribution >= 0.6 is 23.5 Å². The van der Waals surface area contributed by atoms with Crippen LogP contribution in [0.2, 0.25) is 0 Å². The van der Waals surface area contributed by atoms with E-state index in [2.05, 4.69) is 0 Å². The summed E-state index contributed by atoms with van der Waals surface area (Å²) < 4.78 is 81.6. The molecule has 14 bridgehead atoms. The molecule has 0 aliphatic carbocycles. The molecule has 21 heterocycles. The van der Waals surface area contributed by atoms with Gasteiger partial charge >= 0.3 is 11.9 Å². The monoisotopic (exact) mass is 1340 g/mol. The van der Waals surface area contributed by atoms with Gasteiger partial charge in [-0.2, -0.15) is 23.5 Å². The highest BCUT2D eigenvalue weighted by molar-refractivity contribution is 7.99. The third kappa shape index (κ3) is 15.9. The van der Waals surface area contributed by atoms with E-state index in [1.54, 1.807) is 0 Å². The molecule has 0 aromatic rings. The van der Waals surface area contributed by atoms with E-state index in [1.807, 2.05) is 0 Å². The molecule has 14 unspecified atom stereocenters. The lowest BCUT2D eigenvalue weighted by atomic mass is 9.95. The van der Waals surface area contributed by atoms with Gasteiger partial charge in [0.1, 0.15) is 171 Å². The van der Waals surface area contributed by atoms with Crippen LogP contribution in [-0.2, 0) is 75.9 Å². The molecule has 516 valence electrons. The summed E-state index contributed by atoms with van der Waals surface area (Å²) in [5.74, 6) is -4.26. The number of thioether (sulfide) groups is 2. The van der Waals surface area contributed by atoms with Crippen LogP contribution in [0.3, 0.4) is 0 Å². The molecule has 89 heavy (non-hydrogen) atoms. The van der Waals surface area contributed by atoms with Gasteiger partial charge in [-0.1, -0.05) is 0 Å². The van der Waals surface area contributed by atoms with Crippen molar-refractivity contribution in [2.75, 3.05) is 56.0 Å². The standard InChI is InChI=1S/C48H80N2O37S2/c49-10(40(70)71)6-88-8-17-38-25(62)32(69)48(80-17)85-37-16(5-55)76-44(28(65)21(37)58)83-35-14(3-53)78-46(30(67)23(35)60)87-39-18(9-89-7-11(50)41(72)73)79-47(31(68)24(39)61)84-36-15(4-54)75-43(27(64)20(36)57)81-33-12(1-51)74-42(26(63)19(33)56)82-34-13(2-52)77-45(86-38)29(66)22(34)59/h10-39,42-48,51-69H,1-9,49-50H2,(H,70,71)(H,72,73)/t10-,11-,12?,13?,14?,15?,16?,17?,18?,19-,20-,21-,22-,23-,24-,25-,26?,27?,28?,29?,30?,31?,32?,33-,34-,35-,36-,37-,38+,39-,42+,43-,44+,45+,46+,47+,48+/m1/s1. The van der Waals surface area contributed by atoms with Crippen LogP contribution in [0.25, 0.3) is 0 Å². The lowest BCUT2D eigenvalue weighted by Crippen LogP contribution is -2.68. The van der Waals surface area contributed by atoms with Gasteiger partial charge in [0.25, 0.3) is 0 Å². The van der Waals surface area contributed by atoms with E-state index in [1.165, 1.54) is 0 Å². The molecule has 37 atom stereocenters. The maximum Gasteiger partial charge on any atom is 0.321 e. The molecule has 21 aliphatic heterocycles. The topological polar surface area (TPSA) is 640 Å². The molecule has 0 spiro atoms. The normalized spacial score (nSPS) is 50.1. The second kappa shape index (κ2) is 31.9. The quantitative estimate of drug-likeness (QED) is 0.0724. The number of carbonyl (C=O) groups is 2. The Kier molecular flexibility index (Phi) is 26.2. The minimum atomic E-state index is -2.27. The van der Waals surface area contributed by atoms with Gasteiger partial charge in [-0.25, -0.2) is 0 Å². The lowest BCUT2D eigenvalue weighted by Gasteiger charge is -2.50. The van der Waals surface area contributed by atoms with Gasteiger partial charge in [0, 0.05) is 23.0 Å². The highest BCUT2D eigenvalue weighted by Gasteiger charge is 2.60. The maximum absolute atomic E-state index is 11.7. The van der Waals surface area contributed by atoms with Gasteiger partial charge in [0.15, 0.2) is 44.0 Å². The average molecular weight is 1340 g/mol. The summed E-state index contributed by atoms with van der Waals surface area (Å²) in [5, 5.41) is 233. The predicted molar refractivity (Wildman–Crippen MR) is 280 cm³/mol. The fraction of sp³-hybridized carbons (Fsp3) is 0.958. The number of carboxylic acids is 2. The molecular weight excluding hydrogens is 1260 g/mol. The molecule has 0 saturated carbocycles. The van der Waals surface area contributed by atoms with E-state index < -0.39 is 284 Å². The van der Waals surface area contributed by atoms with E-state index in [4.69, 9.17) is 77.8 Å². The van der Waals surface area contributed by atoms with Gasteiger partial charge in [-0.3, -0.25) is 9.59 Å². The van der Waals surface area contributed by atoms with E-state index >= 15 is 0 Å². The Morgan fingerprint density at radius 3 is 0.596 bits per heavy atom. The molecule has 25 N–H and O–H groups in total. The minimum absolute atomic E-state index is 0.319. The third-order valence-electron chi connectivity index (χ3n) is 16.2. The number of hydrogen-bond acceptors (Lipinski definition) is 39. The first kappa shape index (κ1) is 73.1. The fourth-order valence-corrected chi connectivity index (χ4v) is 13.2. The van der Waals surface area contributed by atoms with Crippen molar-refractivity contribution < 1.29 is 183 Å². The van der Waals surface area contributed by atoms with Crippen molar-refractivity contribution in [3.8, 4) is 0 Å². The molecule has 21 saturated heterocycles. The number of nitrogens with two attached hydrogens (primary N) is 2. The Hall–Kier alpha value is -1.76. The number of aliphatic carboxylic acids is 2. The van der Waals surface area contributed by atoms with Gasteiger partial charge in [0.05, 0.1) is 45.2 Å². The Labute approximate surface area is 511 Å². The minimum Gasteiger partial charge on any atom is -0.480 e. The first-order valence-electron chi connectivity index (χ1n) is 28.1. The molecule has 21 rings (SSSR count). The summed E-state index contributed by atoms with van der Waals surface area (Å²) in [6.45, 7) is -5.43. The Bertz CT molecular complexity index is 2200. The summed E-state index contributed by atoms with van der Waals surface area (Å²) in [6.07, 6.45) is -71.4. The third-order valence-corrected chi connectivity index (χ3v) is 18.5. The molecule has 41 heteroatoms. The van der Waals surface area contributed by atoms with Crippen LogP contribution < -0.4 is 11.5 Å². The molecular formula is C48H80N2O37S2. The summed E-state index contributed by atoms with van der Waals surface area (Å²) >= 11 is 1.60. The number of aliphatic hydroxyl groups is 19. The SMILES string of the molecule is N[C@H](CSCC1O[C@H]2O[C@@H]3C(CO)O[C@H](O[C@@H]4C(CO)O[C@@H](O[C@@H]5C(CO)O[C@@H](O[C@H]6C(CSC[C@@H](N)C(=O)O)O[C@@H](O[C@@H]7C(CO)O[C@@H](O[C@@H]8C(CO)O[C@@H](O[C@H]1[C@H](O)C2O)C(O)[C@H]8O)C(O)[C@H]7O)C(O)[C@H]6O)C(O)[C@H]5O)C(O)[C@H]4O)C(O)[C@H]3O)C(=O)O. The smallest absolute Gasteiger partial charge is 0.321 e. The van der Waals surface area contributed by atoms with Crippen LogP contribution in [0, 0.1) is 0 Å². The molecule has 0 aromatic heterocycles. The molecule has 0 amide bonds. The van der Waals surface area contributed by atoms with Gasteiger partial charge in [-0.05, 0) is 0 Å². The van der Waals surface area contributed by atoms with Crippen molar-refractivity contribution in [2.24, 2.45) is 11.5 Å². The largest absolute Gasteiger partial charge is 0.480 e. The van der Waals surface area contributed by atoms with Crippen molar-refractivity contribution in [1.82, 2.24) is 0 Å². The first-order valence-corrected chi connectivity index (χ1v) is 30.4. The Balaban J connectivity index is 1.11. The molecule has 39 nitrogen and oxygen atoms in total. The van der Waals surface area contributed by atoms with E-state index in [0.29, 0.717) is 0 Å². The second-order valence-electron chi connectivity index (χ2n) is 22.3. The number of carboxylic acid groups (broad SMARTS) is 2. The molecule has 21 aliphatic rings.